The minimum absolute atomic E-state index is 0.798. The summed E-state index contributed by atoms with van der Waals surface area (Å²) in [6.07, 6.45) is 2.77. The van der Waals surface area contributed by atoms with Gasteiger partial charge in [0.1, 0.15) is 0 Å². The van der Waals surface area contributed by atoms with Gasteiger partial charge in [0.2, 0.25) is 0 Å². The van der Waals surface area contributed by atoms with Crippen molar-refractivity contribution >= 4 is 10.8 Å². The molecule has 1 heterocycles. The SMILES string of the molecule is c1ccc2cc(C3CC4CNCC4C3)ccc2c1. The molecule has 1 N–H and O–H groups in total. The van der Waals surface area contributed by atoms with E-state index in [0.29, 0.717) is 0 Å². The molecule has 4 rings (SSSR count). The van der Waals surface area contributed by atoms with Gasteiger partial charge in [-0.1, -0.05) is 42.5 Å². The van der Waals surface area contributed by atoms with Crippen molar-refractivity contribution in [1.29, 1.82) is 0 Å². The first-order valence-electron chi connectivity index (χ1n) is 7.09. The summed E-state index contributed by atoms with van der Waals surface area (Å²) in [4.78, 5) is 0. The Morgan fingerprint density at radius 2 is 1.56 bits per heavy atom. The molecule has 2 atom stereocenters. The third kappa shape index (κ3) is 1.65. The summed E-state index contributed by atoms with van der Waals surface area (Å²) in [7, 11) is 0. The van der Waals surface area contributed by atoms with Crippen LogP contribution in [0.3, 0.4) is 0 Å². The van der Waals surface area contributed by atoms with Crippen molar-refractivity contribution in [1.82, 2.24) is 5.32 Å². The maximum atomic E-state index is 3.53. The minimum atomic E-state index is 0.798. The second kappa shape index (κ2) is 4.10. The smallest absolute Gasteiger partial charge is 0.00171 e. The van der Waals surface area contributed by atoms with E-state index in [9.17, 15) is 0 Å². The van der Waals surface area contributed by atoms with Crippen molar-refractivity contribution in [3.63, 3.8) is 0 Å². The first-order valence-corrected chi connectivity index (χ1v) is 7.09. The summed E-state index contributed by atoms with van der Waals surface area (Å²) in [5.74, 6) is 2.66. The van der Waals surface area contributed by atoms with Crippen LogP contribution in [0.15, 0.2) is 42.5 Å². The van der Waals surface area contributed by atoms with Gasteiger partial charge in [-0.05, 0) is 60.0 Å². The Morgan fingerprint density at radius 3 is 2.33 bits per heavy atom. The minimum Gasteiger partial charge on any atom is -0.316 e. The fourth-order valence-corrected chi connectivity index (χ4v) is 3.90. The predicted octanol–water partition coefficient (Wildman–Crippen LogP) is 3.55. The standard InChI is InChI=1S/C17H19N/c1-2-4-13-7-14(6-5-12(13)3-1)15-8-16-10-18-11-17(16)9-15/h1-7,15-18H,8-11H2. The van der Waals surface area contributed by atoms with Gasteiger partial charge in [-0.25, -0.2) is 0 Å². The molecule has 1 saturated carbocycles. The van der Waals surface area contributed by atoms with Crippen LogP contribution in [-0.2, 0) is 0 Å². The van der Waals surface area contributed by atoms with Crippen molar-refractivity contribution < 1.29 is 0 Å². The van der Waals surface area contributed by atoms with Crippen LogP contribution in [0, 0.1) is 11.8 Å². The highest BCUT2D eigenvalue weighted by Crippen LogP contribution is 2.44. The number of nitrogens with one attached hydrogen (secondary N) is 1. The summed E-state index contributed by atoms with van der Waals surface area (Å²) >= 11 is 0. The molecule has 92 valence electrons. The Morgan fingerprint density at radius 1 is 0.833 bits per heavy atom. The van der Waals surface area contributed by atoms with Crippen LogP contribution in [0.5, 0.6) is 0 Å². The highest BCUT2D eigenvalue weighted by atomic mass is 14.9. The lowest BCUT2D eigenvalue weighted by molar-refractivity contribution is 0.494. The average Bonchev–Trinajstić information content (AvgIpc) is 2.99. The number of fused-ring (bicyclic) bond motifs is 2. The van der Waals surface area contributed by atoms with Crippen LogP contribution in [0.25, 0.3) is 10.8 Å². The van der Waals surface area contributed by atoms with Crippen molar-refractivity contribution in [2.75, 3.05) is 13.1 Å². The van der Waals surface area contributed by atoms with Crippen LogP contribution in [-0.4, -0.2) is 13.1 Å². The summed E-state index contributed by atoms with van der Waals surface area (Å²) in [6, 6.07) is 15.7. The zero-order chi connectivity index (χ0) is 11.9. The largest absolute Gasteiger partial charge is 0.316 e. The van der Waals surface area contributed by atoms with Gasteiger partial charge in [-0.3, -0.25) is 0 Å². The van der Waals surface area contributed by atoms with E-state index in [0.717, 1.165) is 17.8 Å². The van der Waals surface area contributed by atoms with Gasteiger partial charge in [0, 0.05) is 0 Å². The molecule has 1 nitrogen and oxygen atoms in total. The topological polar surface area (TPSA) is 12.0 Å². The van der Waals surface area contributed by atoms with Gasteiger partial charge in [-0.2, -0.15) is 0 Å². The molecule has 2 aromatic rings. The number of rotatable bonds is 1. The average molecular weight is 237 g/mol. The van der Waals surface area contributed by atoms with E-state index in [2.05, 4.69) is 47.8 Å². The Kier molecular flexibility index (Phi) is 2.41. The molecule has 0 amide bonds. The third-order valence-corrected chi connectivity index (χ3v) is 4.90. The van der Waals surface area contributed by atoms with Crippen molar-refractivity contribution in [2.45, 2.75) is 18.8 Å². The lowest BCUT2D eigenvalue weighted by atomic mass is 9.94. The zero-order valence-electron chi connectivity index (χ0n) is 10.6. The van der Waals surface area contributed by atoms with E-state index < -0.39 is 0 Å². The van der Waals surface area contributed by atoms with E-state index >= 15 is 0 Å². The molecule has 0 aromatic heterocycles. The van der Waals surface area contributed by atoms with E-state index in [1.165, 1.54) is 36.7 Å². The maximum absolute atomic E-state index is 3.53. The van der Waals surface area contributed by atoms with E-state index in [1.54, 1.807) is 5.56 Å². The van der Waals surface area contributed by atoms with Crippen LogP contribution in [0.2, 0.25) is 0 Å². The van der Waals surface area contributed by atoms with Gasteiger partial charge >= 0.3 is 0 Å². The normalized spacial score (nSPS) is 30.8. The van der Waals surface area contributed by atoms with E-state index in [1.807, 2.05) is 0 Å². The predicted molar refractivity (Wildman–Crippen MR) is 75.8 cm³/mol. The first-order chi connectivity index (χ1) is 8.90. The molecule has 2 unspecified atom stereocenters. The molecule has 1 aliphatic carbocycles. The summed E-state index contributed by atoms with van der Waals surface area (Å²) < 4.78 is 0. The quantitative estimate of drug-likeness (QED) is 0.799. The van der Waals surface area contributed by atoms with Gasteiger partial charge in [0.15, 0.2) is 0 Å². The molecule has 2 fully saturated rings. The fourth-order valence-electron chi connectivity index (χ4n) is 3.90. The van der Waals surface area contributed by atoms with E-state index in [-0.39, 0.29) is 0 Å². The van der Waals surface area contributed by atoms with Crippen LogP contribution in [0.1, 0.15) is 24.3 Å². The van der Waals surface area contributed by atoms with Crippen LogP contribution < -0.4 is 5.32 Å². The summed E-state index contributed by atoms with van der Waals surface area (Å²) in [5, 5.41) is 6.28. The lowest BCUT2D eigenvalue weighted by Gasteiger charge is -2.12. The monoisotopic (exact) mass is 237 g/mol. The van der Waals surface area contributed by atoms with Gasteiger partial charge in [0.25, 0.3) is 0 Å². The van der Waals surface area contributed by atoms with Crippen LogP contribution in [0.4, 0.5) is 0 Å². The van der Waals surface area contributed by atoms with Crippen molar-refractivity contribution in [3.05, 3.63) is 48.0 Å². The maximum Gasteiger partial charge on any atom is -0.00171 e. The Bertz CT molecular complexity index is 563. The van der Waals surface area contributed by atoms with Gasteiger partial charge in [0.05, 0.1) is 0 Å². The molecule has 2 aliphatic rings. The van der Waals surface area contributed by atoms with E-state index in [4.69, 9.17) is 0 Å². The fraction of sp³-hybridized carbons (Fsp3) is 0.412. The summed E-state index contributed by atoms with van der Waals surface area (Å²) in [6.45, 7) is 2.49. The van der Waals surface area contributed by atoms with Crippen molar-refractivity contribution in [3.8, 4) is 0 Å². The number of hydrogen-bond donors (Lipinski definition) is 1. The van der Waals surface area contributed by atoms with Crippen molar-refractivity contribution in [2.24, 2.45) is 11.8 Å². The Hall–Kier alpha value is -1.34. The molecule has 0 radical (unpaired) electrons. The molecule has 1 aliphatic heterocycles. The number of hydrogen-bond acceptors (Lipinski definition) is 1. The van der Waals surface area contributed by atoms with Gasteiger partial charge < -0.3 is 5.32 Å². The highest BCUT2D eigenvalue weighted by molar-refractivity contribution is 5.83. The lowest BCUT2D eigenvalue weighted by Crippen LogP contribution is -2.11. The first kappa shape index (κ1) is 10.6. The second-order valence-corrected chi connectivity index (χ2v) is 5.95. The summed E-state index contributed by atoms with van der Waals surface area (Å²) in [5.41, 5.74) is 1.56. The van der Waals surface area contributed by atoms with Gasteiger partial charge in [-0.15, -0.1) is 0 Å². The van der Waals surface area contributed by atoms with Crippen LogP contribution >= 0.6 is 0 Å². The molecular weight excluding hydrogens is 218 g/mol. The number of benzene rings is 2. The molecular formula is C17H19N. The Balaban J connectivity index is 1.67. The highest BCUT2D eigenvalue weighted by Gasteiger charge is 2.37. The molecule has 1 heteroatoms. The zero-order valence-corrected chi connectivity index (χ0v) is 10.6. The molecule has 0 bridgehead atoms. The molecule has 0 spiro atoms. The second-order valence-electron chi connectivity index (χ2n) is 5.95. The Labute approximate surface area is 108 Å². The molecule has 2 aromatic carbocycles. The third-order valence-electron chi connectivity index (χ3n) is 4.90. The molecule has 18 heavy (non-hydrogen) atoms. The molecule has 1 saturated heterocycles.